The van der Waals surface area contributed by atoms with E-state index in [1.807, 2.05) is 13.8 Å². The highest BCUT2D eigenvalue weighted by atomic mass is 16.1. The fourth-order valence-corrected chi connectivity index (χ4v) is 2.81. The number of aromatic nitrogens is 1. The number of pyridine rings is 1. The van der Waals surface area contributed by atoms with E-state index >= 15 is 0 Å². The largest absolute Gasteiger partial charge is 0.342 e. The Kier molecular flexibility index (Phi) is 2.66. The highest BCUT2D eigenvalue weighted by Gasteiger charge is 2.42. The quantitative estimate of drug-likeness (QED) is 0.840. The van der Waals surface area contributed by atoms with Crippen LogP contribution in [0, 0.1) is 19.8 Å². The summed E-state index contributed by atoms with van der Waals surface area (Å²) in [5, 5.41) is 0. The first kappa shape index (κ1) is 11.4. The van der Waals surface area contributed by atoms with Crippen molar-refractivity contribution in [2.75, 3.05) is 6.54 Å². The standard InChI is InChI=1S/C13H20N2O/c1-9-6-12(16)7-10(2)15(9)13(3,8-14)11-4-5-11/h6-7,11H,4-5,8,14H2,1-3H3. The predicted octanol–water partition coefficient (Wildman–Crippen LogP) is 1.55. The Morgan fingerprint density at radius 1 is 1.38 bits per heavy atom. The molecule has 1 saturated carbocycles. The zero-order valence-electron chi connectivity index (χ0n) is 10.3. The van der Waals surface area contributed by atoms with Gasteiger partial charge in [-0.25, -0.2) is 0 Å². The molecule has 3 nitrogen and oxygen atoms in total. The SMILES string of the molecule is Cc1cc(=O)cc(C)n1C(C)(CN)C1CC1. The van der Waals surface area contributed by atoms with E-state index in [1.54, 1.807) is 12.1 Å². The number of hydrogen-bond donors (Lipinski definition) is 1. The fourth-order valence-electron chi connectivity index (χ4n) is 2.81. The second-order valence-corrected chi connectivity index (χ2v) is 5.14. The van der Waals surface area contributed by atoms with Gasteiger partial charge >= 0.3 is 0 Å². The molecule has 1 fully saturated rings. The van der Waals surface area contributed by atoms with E-state index in [0.29, 0.717) is 12.5 Å². The highest BCUT2D eigenvalue weighted by molar-refractivity contribution is 5.17. The van der Waals surface area contributed by atoms with Crippen LogP contribution in [0.25, 0.3) is 0 Å². The number of nitrogens with zero attached hydrogens (tertiary/aromatic N) is 1. The molecule has 0 saturated heterocycles. The van der Waals surface area contributed by atoms with Crippen LogP contribution in [0.5, 0.6) is 0 Å². The minimum absolute atomic E-state index is 0.0259. The molecule has 1 aromatic rings. The minimum atomic E-state index is -0.0259. The number of rotatable bonds is 3. The first-order valence-electron chi connectivity index (χ1n) is 5.90. The van der Waals surface area contributed by atoms with Gasteiger partial charge in [0, 0.05) is 30.1 Å². The molecule has 0 aromatic carbocycles. The Morgan fingerprint density at radius 3 is 2.25 bits per heavy atom. The third kappa shape index (κ3) is 1.69. The van der Waals surface area contributed by atoms with Crippen molar-refractivity contribution in [2.45, 2.75) is 39.2 Å². The summed E-state index contributed by atoms with van der Waals surface area (Å²) in [5.41, 5.74) is 8.05. The van der Waals surface area contributed by atoms with Gasteiger partial charge in [-0.2, -0.15) is 0 Å². The van der Waals surface area contributed by atoms with Gasteiger partial charge < -0.3 is 10.3 Å². The van der Waals surface area contributed by atoms with E-state index < -0.39 is 0 Å². The molecule has 0 spiro atoms. The Morgan fingerprint density at radius 2 is 1.88 bits per heavy atom. The van der Waals surface area contributed by atoms with Gasteiger partial charge in [-0.3, -0.25) is 4.79 Å². The molecular formula is C13H20N2O. The normalized spacial score (nSPS) is 19.5. The summed E-state index contributed by atoms with van der Waals surface area (Å²) in [4.78, 5) is 11.4. The van der Waals surface area contributed by atoms with Crippen LogP contribution in [-0.4, -0.2) is 11.1 Å². The van der Waals surface area contributed by atoms with Crippen LogP contribution in [0.1, 0.15) is 31.2 Å². The highest BCUT2D eigenvalue weighted by Crippen LogP contribution is 2.44. The van der Waals surface area contributed by atoms with Gasteiger partial charge in [0.1, 0.15) is 0 Å². The van der Waals surface area contributed by atoms with E-state index in [-0.39, 0.29) is 11.0 Å². The molecule has 1 aliphatic rings. The van der Waals surface area contributed by atoms with Crippen LogP contribution in [0.2, 0.25) is 0 Å². The molecule has 2 N–H and O–H groups in total. The zero-order chi connectivity index (χ0) is 11.9. The van der Waals surface area contributed by atoms with Crippen molar-refractivity contribution in [2.24, 2.45) is 11.7 Å². The summed E-state index contributed by atoms with van der Waals surface area (Å²) in [7, 11) is 0. The average Bonchev–Trinajstić information content (AvgIpc) is 2.98. The third-order valence-electron chi connectivity index (χ3n) is 3.79. The lowest BCUT2D eigenvalue weighted by atomic mass is 9.94. The lowest BCUT2D eigenvalue weighted by Crippen LogP contribution is -2.43. The number of nitrogens with two attached hydrogens (primary N) is 1. The number of hydrogen-bond acceptors (Lipinski definition) is 2. The molecule has 1 heterocycles. The van der Waals surface area contributed by atoms with Crippen LogP contribution in [-0.2, 0) is 5.54 Å². The Labute approximate surface area is 96.3 Å². The molecule has 1 aromatic heterocycles. The van der Waals surface area contributed by atoms with Crippen molar-refractivity contribution in [3.63, 3.8) is 0 Å². The second kappa shape index (κ2) is 3.74. The van der Waals surface area contributed by atoms with E-state index in [4.69, 9.17) is 5.73 Å². The van der Waals surface area contributed by atoms with E-state index in [2.05, 4.69) is 11.5 Å². The fraction of sp³-hybridized carbons (Fsp3) is 0.615. The summed E-state index contributed by atoms with van der Waals surface area (Å²) in [6.45, 7) is 6.81. The lowest BCUT2D eigenvalue weighted by Gasteiger charge is -2.35. The third-order valence-corrected chi connectivity index (χ3v) is 3.79. The summed E-state index contributed by atoms with van der Waals surface area (Å²) in [6, 6.07) is 3.40. The van der Waals surface area contributed by atoms with Gasteiger partial charge in [-0.15, -0.1) is 0 Å². The molecule has 2 rings (SSSR count). The molecule has 0 bridgehead atoms. The Hall–Kier alpha value is -1.09. The average molecular weight is 220 g/mol. The summed E-state index contributed by atoms with van der Waals surface area (Å²) in [6.07, 6.45) is 2.50. The number of aryl methyl sites for hydroxylation is 2. The van der Waals surface area contributed by atoms with E-state index in [9.17, 15) is 4.79 Å². The van der Waals surface area contributed by atoms with Gasteiger partial charge in [0.15, 0.2) is 5.43 Å². The first-order valence-corrected chi connectivity index (χ1v) is 5.90. The maximum Gasteiger partial charge on any atom is 0.182 e. The molecule has 16 heavy (non-hydrogen) atoms. The summed E-state index contributed by atoms with van der Waals surface area (Å²) in [5.74, 6) is 0.664. The van der Waals surface area contributed by atoms with Crippen LogP contribution >= 0.6 is 0 Å². The van der Waals surface area contributed by atoms with Crippen LogP contribution in [0.15, 0.2) is 16.9 Å². The van der Waals surface area contributed by atoms with Crippen LogP contribution in [0.3, 0.4) is 0 Å². The molecule has 0 radical (unpaired) electrons. The Bertz CT molecular complexity index is 433. The predicted molar refractivity (Wildman–Crippen MR) is 65.6 cm³/mol. The van der Waals surface area contributed by atoms with E-state index in [0.717, 1.165) is 11.4 Å². The Balaban J connectivity index is 2.57. The smallest absolute Gasteiger partial charge is 0.182 e. The summed E-state index contributed by atoms with van der Waals surface area (Å²) < 4.78 is 2.24. The maximum absolute atomic E-state index is 11.4. The van der Waals surface area contributed by atoms with Crippen molar-refractivity contribution in [1.82, 2.24) is 4.57 Å². The van der Waals surface area contributed by atoms with Crippen molar-refractivity contribution in [3.8, 4) is 0 Å². The minimum Gasteiger partial charge on any atom is -0.342 e. The molecular weight excluding hydrogens is 200 g/mol. The molecule has 0 amide bonds. The molecule has 3 heteroatoms. The van der Waals surface area contributed by atoms with Gasteiger partial charge in [-0.1, -0.05) is 0 Å². The van der Waals surface area contributed by atoms with Gasteiger partial charge in [0.05, 0.1) is 5.54 Å². The lowest BCUT2D eigenvalue weighted by molar-refractivity contribution is 0.269. The summed E-state index contributed by atoms with van der Waals surface area (Å²) >= 11 is 0. The molecule has 0 aliphatic heterocycles. The molecule has 88 valence electrons. The van der Waals surface area contributed by atoms with E-state index in [1.165, 1.54) is 12.8 Å². The molecule has 1 atom stereocenters. The van der Waals surface area contributed by atoms with Crippen LogP contribution < -0.4 is 11.2 Å². The topological polar surface area (TPSA) is 48.0 Å². The molecule has 1 unspecified atom stereocenters. The van der Waals surface area contributed by atoms with Gasteiger partial charge in [0.2, 0.25) is 0 Å². The van der Waals surface area contributed by atoms with Crippen molar-refractivity contribution >= 4 is 0 Å². The van der Waals surface area contributed by atoms with Gasteiger partial charge in [-0.05, 0) is 39.5 Å². The van der Waals surface area contributed by atoms with Crippen LogP contribution in [0.4, 0.5) is 0 Å². The van der Waals surface area contributed by atoms with Crippen molar-refractivity contribution < 1.29 is 0 Å². The maximum atomic E-state index is 11.4. The van der Waals surface area contributed by atoms with Crippen molar-refractivity contribution in [3.05, 3.63) is 33.7 Å². The first-order chi connectivity index (χ1) is 7.49. The van der Waals surface area contributed by atoms with Gasteiger partial charge in [0.25, 0.3) is 0 Å². The van der Waals surface area contributed by atoms with Crippen molar-refractivity contribution in [1.29, 1.82) is 0 Å². The monoisotopic (exact) mass is 220 g/mol. The second-order valence-electron chi connectivity index (χ2n) is 5.14. The zero-order valence-corrected chi connectivity index (χ0v) is 10.3. The molecule has 1 aliphatic carbocycles.